The number of hydrogen-bond donors (Lipinski definition) is 0. The summed E-state index contributed by atoms with van der Waals surface area (Å²) in [5.41, 5.74) is 0.953. The molecule has 0 bridgehead atoms. The molecule has 2 aromatic rings. The Morgan fingerprint density at radius 3 is 2.86 bits per heavy atom. The third kappa shape index (κ3) is 3.36. The van der Waals surface area contributed by atoms with Crippen LogP contribution >= 0.6 is 11.3 Å². The lowest BCUT2D eigenvalue weighted by Gasteiger charge is -2.28. The van der Waals surface area contributed by atoms with E-state index in [9.17, 15) is 10.1 Å². The second-order valence-electron chi connectivity index (χ2n) is 5.73. The minimum Gasteiger partial charge on any atom is -0.350 e. The number of thiazole rings is 1. The number of likely N-dealkylation sites (tertiary alicyclic amines) is 1. The minimum absolute atomic E-state index is 0.124. The summed E-state index contributed by atoms with van der Waals surface area (Å²) in [6, 6.07) is 4.85. The summed E-state index contributed by atoms with van der Waals surface area (Å²) in [6.07, 6.45) is 3.95. The number of likely N-dealkylation sites (N-methyl/N-ethyl adjacent to an activating group) is 1. The van der Waals surface area contributed by atoms with Gasteiger partial charge in [0, 0.05) is 32.3 Å². The van der Waals surface area contributed by atoms with Crippen molar-refractivity contribution in [1.29, 1.82) is 0 Å². The third-order valence-corrected chi connectivity index (χ3v) is 5.23. The van der Waals surface area contributed by atoms with Crippen molar-refractivity contribution < 1.29 is 4.92 Å². The Morgan fingerprint density at radius 1 is 1.36 bits per heavy atom. The van der Waals surface area contributed by atoms with E-state index in [0.29, 0.717) is 0 Å². The molecular formula is C15H20N4O2S. The Labute approximate surface area is 133 Å². The summed E-state index contributed by atoms with van der Waals surface area (Å²) in [7, 11) is 2.04. The molecule has 2 heterocycles. The van der Waals surface area contributed by atoms with E-state index in [-0.39, 0.29) is 10.6 Å². The maximum absolute atomic E-state index is 10.8. The van der Waals surface area contributed by atoms with E-state index in [1.165, 1.54) is 49.8 Å². The molecule has 1 aliphatic heterocycles. The number of hydrogen-bond acceptors (Lipinski definition) is 6. The lowest BCUT2D eigenvalue weighted by molar-refractivity contribution is -0.384. The number of piperidine rings is 1. The Balaban J connectivity index is 1.67. The number of nitrogens with zero attached hydrogens (tertiary/aromatic N) is 4. The molecule has 0 radical (unpaired) electrons. The fourth-order valence-corrected chi connectivity index (χ4v) is 3.73. The number of non-ortho nitro benzene ring substituents is 1. The predicted octanol–water partition coefficient (Wildman–Crippen LogP) is 3.13. The molecule has 118 valence electrons. The molecular weight excluding hydrogens is 300 g/mol. The number of nitro groups is 1. The zero-order chi connectivity index (χ0) is 15.5. The molecule has 3 rings (SSSR count). The van der Waals surface area contributed by atoms with Crippen molar-refractivity contribution in [3.63, 3.8) is 0 Å². The first-order valence-electron chi connectivity index (χ1n) is 7.62. The van der Waals surface area contributed by atoms with Gasteiger partial charge in [-0.05, 0) is 32.0 Å². The highest BCUT2D eigenvalue weighted by Gasteiger charge is 2.14. The van der Waals surface area contributed by atoms with Crippen molar-refractivity contribution in [3.8, 4) is 0 Å². The van der Waals surface area contributed by atoms with Gasteiger partial charge in [-0.3, -0.25) is 10.1 Å². The zero-order valence-electron chi connectivity index (χ0n) is 12.7. The van der Waals surface area contributed by atoms with Crippen LogP contribution in [0.2, 0.25) is 0 Å². The number of nitro benzene ring substituents is 1. The first-order chi connectivity index (χ1) is 10.6. The quantitative estimate of drug-likeness (QED) is 0.625. The molecule has 1 aromatic carbocycles. The number of fused-ring (bicyclic) bond motifs is 1. The fourth-order valence-electron chi connectivity index (χ4n) is 2.75. The van der Waals surface area contributed by atoms with Crippen LogP contribution in [-0.4, -0.2) is 48.0 Å². The Morgan fingerprint density at radius 2 is 2.14 bits per heavy atom. The standard InChI is InChI=1S/C15H20N4O2S/c1-17(9-10-18-7-3-2-4-8-18)15-16-13-6-5-12(19(20)21)11-14(13)22-15/h5-6,11H,2-4,7-10H2,1H3. The van der Waals surface area contributed by atoms with Gasteiger partial charge < -0.3 is 9.80 Å². The molecule has 6 nitrogen and oxygen atoms in total. The summed E-state index contributed by atoms with van der Waals surface area (Å²) < 4.78 is 0.869. The van der Waals surface area contributed by atoms with Gasteiger partial charge in [0.1, 0.15) is 0 Å². The minimum atomic E-state index is -0.362. The largest absolute Gasteiger partial charge is 0.350 e. The molecule has 22 heavy (non-hydrogen) atoms. The van der Waals surface area contributed by atoms with Crippen LogP contribution in [0.25, 0.3) is 10.2 Å². The van der Waals surface area contributed by atoms with Gasteiger partial charge in [0.2, 0.25) is 0 Å². The smallest absolute Gasteiger partial charge is 0.270 e. The van der Waals surface area contributed by atoms with Gasteiger partial charge in [-0.1, -0.05) is 17.8 Å². The summed E-state index contributed by atoms with van der Waals surface area (Å²) in [5, 5.41) is 11.8. The van der Waals surface area contributed by atoms with E-state index in [4.69, 9.17) is 0 Å². The van der Waals surface area contributed by atoms with Gasteiger partial charge in [0.25, 0.3) is 5.69 Å². The molecule has 0 atom stereocenters. The lowest BCUT2D eigenvalue weighted by atomic mass is 10.1. The maximum atomic E-state index is 10.8. The number of anilines is 1. The Kier molecular flexibility index (Phi) is 4.54. The van der Waals surface area contributed by atoms with Gasteiger partial charge >= 0.3 is 0 Å². The number of aromatic nitrogens is 1. The van der Waals surface area contributed by atoms with Crippen molar-refractivity contribution >= 4 is 32.4 Å². The molecule has 0 amide bonds. The van der Waals surface area contributed by atoms with Gasteiger partial charge in [-0.2, -0.15) is 0 Å². The molecule has 1 aliphatic rings. The normalized spacial score (nSPS) is 16.0. The van der Waals surface area contributed by atoms with Crippen LogP contribution in [0, 0.1) is 10.1 Å². The van der Waals surface area contributed by atoms with E-state index >= 15 is 0 Å². The SMILES string of the molecule is CN(CCN1CCCCC1)c1nc2ccc([N+](=O)[O-])cc2s1. The summed E-state index contributed by atoms with van der Waals surface area (Å²) >= 11 is 1.52. The van der Waals surface area contributed by atoms with Crippen LogP contribution in [0.5, 0.6) is 0 Å². The number of benzene rings is 1. The highest BCUT2D eigenvalue weighted by atomic mass is 32.1. The summed E-state index contributed by atoms with van der Waals surface area (Å²) in [4.78, 5) is 19.7. The van der Waals surface area contributed by atoms with Gasteiger partial charge in [0.05, 0.1) is 15.1 Å². The van der Waals surface area contributed by atoms with Gasteiger partial charge in [-0.25, -0.2) is 4.98 Å². The summed E-state index contributed by atoms with van der Waals surface area (Å²) in [5.74, 6) is 0. The van der Waals surface area contributed by atoms with Gasteiger partial charge in [-0.15, -0.1) is 0 Å². The predicted molar refractivity (Wildman–Crippen MR) is 89.8 cm³/mol. The first kappa shape index (κ1) is 15.2. The van der Waals surface area contributed by atoms with E-state index in [2.05, 4.69) is 14.8 Å². The van der Waals surface area contributed by atoms with Crippen LogP contribution in [-0.2, 0) is 0 Å². The summed E-state index contributed by atoms with van der Waals surface area (Å²) in [6.45, 7) is 4.37. The Hall–Kier alpha value is -1.73. The van der Waals surface area contributed by atoms with Crippen molar-refractivity contribution in [3.05, 3.63) is 28.3 Å². The fraction of sp³-hybridized carbons (Fsp3) is 0.533. The van der Waals surface area contributed by atoms with Crippen molar-refractivity contribution in [1.82, 2.24) is 9.88 Å². The molecule has 0 N–H and O–H groups in total. The molecule has 1 saturated heterocycles. The average Bonchev–Trinajstić information content (AvgIpc) is 2.96. The van der Waals surface area contributed by atoms with Crippen LogP contribution in [0.1, 0.15) is 19.3 Å². The molecule has 0 spiro atoms. The molecule has 1 fully saturated rings. The van der Waals surface area contributed by atoms with Crippen molar-refractivity contribution in [2.24, 2.45) is 0 Å². The highest BCUT2D eigenvalue weighted by Crippen LogP contribution is 2.30. The third-order valence-electron chi connectivity index (χ3n) is 4.10. The second kappa shape index (κ2) is 6.58. The molecule has 0 saturated carbocycles. The van der Waals surface area contributed by atoms with Crippen LogP contribution in [0.3, 0.4) is 0 Å². The zero-order valence-corrected chi connectivity index (χ0v) is 13.5. The first-order valence-corrected chi connectivity index (χ1v) is 8.43. The molecule has 0 unspecified atom stereocenters. The number of rotatable bonds is 5. The monoisotopic (exact) mass is 320 g/mol. The van der Waals surface area contributed by atoms with Crippen LogP contribution < -0.4 is 4.90 Å². The average molecular weight is 320 g/mol. The van der Waals surface area contributed by atoms with E-state index < -0.39 is 0 Å². The lowest BCUT2D eigenvalue weighted by Crippen LogP contribution is -2.36. The van der Waals surface area contributed by atoms with Gasteiger partial charge in [0.15, 0.2) is 5.13 Å². The molecule has 1 aromatic heterocycles. The van der Waals surface area contributed by atoms with Crippen molar-refractivity contribution in [2.75, 3.05) is 38.1 Å². The molecule has 0 aliphatic carbocycles. The highest BCUT2D eigenvalue weighted by molar-refractivity contribution is 7.22. The van der Waals surface area contributed by atoms with E-state index in [0.717, 1.165) is 28.4 Å². The van der Waals surface area contributed by atoms with E-state index in [1.807, 2.05) is 7.05 Å². The second-order valence-corrected chi connectivity index (χ2v) is 6.74. The topological polar surface area (TPSA) is 62.5 Å². The van der Waals surface area contributed by atoms with E-state index in [1.54, 1.807) is 12.1 Å². The van der Waals surface area contributed by atoms with Crippen LogP contribution in [0.4, 0.5) is 10.8 Å². The molecule has 7 heteroatoms. The van der Waals surface area contributed by atoms with Crippen molar-refractivity contribution in [2.45, 2.75) is 19.3 Å². The maximum Gasteiger partial charge on any atom is 0.270 e. The van der Waals surface area contributed by atoms with Crippen LogP contribution in [0.15, 0.2) is 18.2 Å². The Bertz CT molecular complexity index is 667.